The fourth-order valence-electron chi connectivity index (χ4n) is 5.00. The molecule has 1 heterocycles. The predicted octanol–water partition coefficient (Wildman–Crippen LogP) is 6.90. The van der Waals surface area contributed by atoms with Gasteiger partial charge in [0.15, 0.2) is 11.6 Å². The quantitative estimate of drug-likeness (QED) is 0.403. The van der Waals surface area contributed by atoms with Crippen LogP contribution >= 0.6 is 11.6 Å². The summed E-state index contributed by atoms with van der Waals surface area (Å²) in [6.07, 6.45) is 2.08. The van der Waals surface area contributed by atoms with E-state index in [1.54, 1.807) is 0 Å². The van der Waals surface area contributed by atoms with Crippen LogP contribution in [0.15, 0.2) is 48.5 Å². The van der Waals surface area contributed by atoms with Crippen LogP contribution in [0.4, 0.5) is 20.2 Å². The predicted molar refractivity (Wildman–Crippen MR) is 129 cm³/mol. The summed E-state index contributed by atoms with van der Waals surface area (Å²) in [6.45, 7) is 4.23. The van der Waals surface area contributed by atoms with Crippen molar-refractivity contribution in [1.82, 2.24) is 0 Å². The Morgan fingerprint density at radius 3 is 2.09 bits per heavy atom. The van der Waals surface area contributed by atoms with Crippen LogP contribution < -0.4 is 15.4 Å². The second kappa shape index (κ2) is 8.48. The van der Waals surface area contributed by atoms with Gasteiger partial charge in [0.05, 0.1) is 29.6 Å². The Morgan fingerprint density at radius 2 is 1.59 bits per heavy atom. The van der Waals surface area contributed by atoms with Crippen LogP contribution in [-0.4, -0.2) is 6.61 Å². The second-order valence-electron chi connectivity index (χ2n) is 9.18. The topological polar surface area (TPSA) is 57.1 Å². The molecule has 1 unspecified atom stereocenters. The minimum absolute atomic E-state index is 0.0540. The minimum Gasteiger partial charge on any atom is -0.493 e. The number of nitriles is 1. The molecular formula is C27H24ClF2N3O. The van der Waals surface area contributed by atoms with E-state index in [9.17, 15) is 14.0 Å². The van der Waals surface area contributed by atoms with Crippen molar-refractivity contribution in [3.05, 3.63) is 87.4 Å². The third kappa shape index (κ3) is 3.95. The van der Waals surface area contributed by atoms with Gasteiger partial charge in [-0.2, -0.15) is 5.26 Å². The molecule has 2 N–H and O–H groups in total. The van der Waals surface area contributed by atoms with Crippen LogP contribution in [0.3, 0.4) is 0 Å². The Labute approximate surface area is 202 Å². The molecule has 3 aromatic carbocycles. The molecule has 7 heteroatoms. The van der Waals surface area contributed by atoms with Gasteiger partial charge in [0.1, 0.15) is 11.4 Å². The third-order valence-corrected chi connectivity index (χ3v) is 7.02. The second-order valence-corrected chi connectivity index (χ2v) is 9.62. The molecule has 5 rings (SSSR count). The standard InChI is InChI=1S/C27H24ClF2N3O/c1-15-9-17(13-31)10-16(2)26(15)34-14-21(18-3-4-18)27(19-5-7-20(28)8-6-19)32-24-11-22(29)23(30)12-25(24)33-27/h5-12,18,21,32-33H,3-4,14H2,1-2H3. The highest BCUT2D eigenvalue weighted by Crippen LogP contribution is 2.52. The lowest BCUT2D eigenvalue weighted by atomic mass is 9.83. The molecule has 4 nitrogen and oxygen atoms in total. The smallest absolute Gasteiger partial charge is 0.161 e. The maximum Gasteiger partial charge on any atom is 0.161 e. The number of aryl methyl sites for hydroxylation is 2. The molecule has 0 spiro atoms. The summed E-state index contributed by atoms with van der Waals surface area (Å²) in [5, 5.41) is 16.8. The van der Waals surface area contributed by atoms with Crippen molar-refractivity contribution < 1.29 is 13.5 Å². The maximum atomic E-state index is 14.1. The van der Waals surface area contributed by atoms with Gasteiger partial charge in [-0.05, 0) is 73.6 Å². The summed E-state index contributed by atoms with van der Waals surface area (Å²) in [7, 11) is 0. The SMILES string of the molecule is Cc1cc(C#N)cc(C)c1OCC(C1CC1)C1(c2ccc(Cl)cc2)Nc2cc(F)c(F)cc2N1. The first-order chi connectivity index (χ1) is 16.3. The van der Waals surface area contributed by atoms with E-state index < -0.39 is 17.3 Å². The normalized spacial score (nSPS) is 16.7. The number of halogens is 3. The van der Waals surface area contributed by atoms with E-state index in [1.165, 1.54) is 12.1 Å². The van der Waals surface area contributed by atoms with E-state index in [-0.39, 0.29) is 5.92 Å². The summed E-state index contributed by atoms with van der Waals surface area (Å²) in [4.78, 5) is 0. The van der Waals surface area contributed by atoms with E-state index in [4.69, 9.17) is 16.3 Å². The van der Waals surface area contributed by atoms with Crippen molar-refractivity contribution in [3.63, 3.8) is 0 Å². The summed E-state index contributed by atoms with van der Waals surface area (Å²) in [6, 6.07) is 15.7. The summed E-state index contributed by atoms with van der Waals surface area (Å²) >= 11 is 6.16. The third-order valence-electron chi connectivity index (χ3n) is 6.77. The van der Waals surface area contributed by atoms with Crippen LogP contribution in [-0.2, 0) is 5.66 Å². The van der Waals surface area contributed by atoms with Crippen molar-refractivity contribution in [2.75, 3.05) is 17.2 Å². The fourth-order valence-corrected chi connectivity index (χ4v) is 5.12. The van der Waals surface area contributed by atoms with E-state index in [2.05, 4.69) is 16.7 Å². The zero-order valence-electron chi connectivity index (χ0n) is 18.9. The lowest BCUT2D eigenvalue weighted by Gasteiger charge is -2.39. The van der Waals surface area contributed by atoms with Gasteiger partial charge in [-0.1, -0.05) is 23.7 Å². The largest absolute Gasteiger partial charge is 0.493 e. The summed E-state index contributed by atoms with van der Waals surface area (Å²) in [5.41, 5.74) is 3.47. The molecule has 0 amide bonds. The van der Waals surface area contributed by atoms with Gasteiger partial charge in [0, 0.05) is 23.1 Å². The Morgan fingerprint density at radius 1 is 1.03 bits per heavy atom. The van der Waals surface area contributed by atoms with Crippen molar-refractivity contribution >= 4 is 23.0 Å². The highest BCUT2D eigenvalue weighted by Gasteiger charge is 2.51. The lowest BCUT2D eigenvalue weighted by Crippen LogP contribution is -2.49. The zero-order valence-corrected chi connectivity index (χ0v) is 19.6. The molecule has 34 heavy (non-hydrogen) atoms. The zero-order chi connectivity index (χ0) is 24.0. The number of fused-ring (bicyclic) bond motifs is 1. The van der Waals surface area contributed by atoms with Gasteiger partial charge >= 0.3 is 0 Å². The molecule has 1 fully saturated rings. The molecule has 1 atom stereocenters. The molecule has 2 aliphatic rings. The maximum absolute atomic E-state index is 14.1. The van der Waals surface area contributed by atoms with Gasteiger partial charge < -0.3 is 15.4 Å². The van der Waals surface area contributed by atoms with Gasteiger partial charge in [0.2, 0.25) is 0 Å². The lowest BCUT2D eigenvalue weighted by molar-refractivity contribution is 0.175. The Balaban J connectivity index is 1.54. The number of benzene rings is 3. The molecule has 1 aliphatic carbocycles. The molecule has 3 aromatic rings. The molecule has 0 aromatic heterocycles. The highest BCUT2D eigenvalue weighted by molar-refractivity contribution is 6.30. The highest BCUT2D eigenvalue weighted by atomic mass is 35.5. The van der Waals surface area contributed by atoms with Crippen LogP contribution in [0, 0.1) is 48.6 Å². The number of anilines is 2. The number of hydrogen-bond acceptors (Lipinski definition) is 4. The van der Waals surface area contributed by atoms with E-state index >= 15 is 0 Å². The fraction of sp³-hybridized carbons (Fsp3) is 0.296. The van der Waals surface area contributed by atoms with Crippen molar-refractivity contribution in [2.45, 2.75) is 32.4 Å². The first kappa shape index (κ1) is 22.5. The Bertz CT molecular complexity index is 1240. The molecular weight excluding hydrogens is 456 g/mol. The average molecular weight is 480 g/mol. The van der Waals surface area contributed by atoms with Gasteiger partial charge in [-0.15, -0.1) is 0 Å². The Hall–Kier alpha value is -3.30. The Kier molecular flexibility index (Phi) is 5.61. The van der Waals surface area contributed by atoms with Crippen molar-refractivity contribution in [3.8, 4) is 11.8 Å². The average Bonchev–Trinajstić information content (AvgIpc) is 3.57. The van der Waals surface area contributed by atoms with Gasteiger partial charge in [0.25, 0.3) is 0 Å². The number of hydrogen-bond donors (Lipinski definition) is 2. The first-order valence-corrected chi connectivity index (χ1v) is 11.6. The molecule has 1 saturated carbocycles. The molecule has 0 bridgehead atoms. The molecule has 174 valence electrons. The number of nitrogens with one attached hydrogen (secondary N) is 2. The van der Waals surface area contributed by atoms with Gasteiger partial charge in [-0.25, -0.2) is 8.78 Å². The molecule has 1 aliphatic heterocycles. The number of rotatable bonds is 6. The van der Waals surface area contributed by atoms with Crippen molar-refractivity contribution in [1.29, 1.82) is 5.26 Å². The van der Waals surface area contributed by atoms with E-state index in [1.807, 2.05) is 50.2 Å². The van der Waals surface area contributed by atoms with E-state index in [0.717, 1.165) is 35.3 Å². The van der Waals surface area contributed by atoms with Crippen LogP contribution in [0.5, 0.6) is 5.75 Å². The monoisotopic (exact) mass is 479 g/mol. The van der Waals surface area contributed by atoms with Crippen LogP contribution in [0.25, 0.3) is 0 Å². The van der Waals surface area contributed by atoms with E-state index in [0.29, 0.717) is 34.5 Å². The van der Waals surface area contributed by atoms with Crippen LogP contribution in [0.2, 0.25) is 5.02 Å². The summed E-state index contributed by atoms with van der Waals surface area (Å²) < 4.78 is 34.5. The number of nitrogens with zero attached hydrogens (tertiary/aromatic N) is 1. The number of ether oxygens (including phenoxy) is 1. The first-order valence-electron chi connectivity index (χ1n) is 11.3. The van der Waals surface area contributed by atoms with Crippen molar-refractivity contribution in [2.24, 2.45) is 11.8 Å². The minimum atomic E-state index is -0.900. The molecule has 0 radical (unpaired) electrons. The van der Waals surface area contributed by atoms with Gasteiger partial charge in [-0.3, -0.25) is 0 Å². The summed E-state index contributed by atoms with van der Waals surface area (Å²) in [5.74, 6) is -0.741. The molecule has 0 saturated heterocycles. The van der Waals surface area contributed by atoms with Crippen LogP contribution in [0.1, 0.15) is 35.1 Å².